The molecular weight excluding hydrogens is 566 g/mol. The van der Waals surface area contributed by atoms with Gasteiger partial charge in [0.15, 0.2) is 17.3 Å². The highest BCUT2D eigenvalue weighted by Gasteiger charge is 2.41. The van der Waals surface area contributed by atoms with Gasteiger partial charge in [0.1, 0.15) is 5.69 Å². The SMILES string of the molecule is COCCCCc1c(C(=O)N(CC(C)C)[C@H]2C[C@@H](C(=O)N3CCOCC3)CN(C(=O)O)C2)nnn1-c1c(F)cccc1F. The van der Waals surface area contributed by atoms with Gasteiger partial charge in [-0.15, -0.1) is 5.10 Å². The fraction of sp³-hybridized carbons (Fsp3) is 0.621. The summed E-state index contributed by atoms with van der Waals surface area (Å²) < 4.78 is 41.2. The van der Waals surface area contributed by atoms with Gasteiger partial charge in [0.05, 0.1) is 30.9 Å². The van der Waals surface area contributed by atoms with Gasteiger partial charge in [0.25, 0.3) is 5.91 Å². The van der Waals surface area contributed by atoms with E-state index in [9.17, 15) is 28.3 Å². The minimum Gasteiger partial charge on any atom is -0.465 e. The first-order valence-corrected chi connectivity index (χ1v) is 14.7. The van der Waals surface area contributed by atoms with Crippen LogP contribution in [0.25, 0.3) is 5.69 Å². The number of ether oxygens (including phenoxy) is 2. The maximum atomic E-state index is 14.8. The molecule has 0 bridgehead atoms. The molecule has 1 N–H and O–H groups in total. The Bertz CT molecular complexity index is 1260. The van der Waals surface area contributed by atoms with E-state index < -0.39 is 41.3 Å². The molecule has 2 aromatic rings. The topological polar surface area (TPSA) is 130 Å². The molecule has 2 saturated heterocycles. The summed E-state index contributed by atoms with van der Waals surface area (Å²) in [7, 11) is 1.57. The highest BCUT2D eigenvalue weighted by Crippen LogP contribution is 2.28. The monoisotopic (exact) mass is 606 g/mol. The van der Waals surface area contributed by atoms with E-state index in [0.717, 1.165) is 16.8 Å². The first-order chi connectivity index (χ1) is 20.6. The number of likely N-dealkylation sites (tertiary alicyclic amines) is 1. The number of benzene rings is 1. The molecule has 236 valence electrons. The summed E-state index contributed by atoms with van der Waals surface area (Å²) in [6.07, 6.45) is 0.490. The number of para-hydroxylation sites is 1. The van der Waals surface area contributed by atoms with Crippen LogP contribution in [0.2, 0.25) is 0 Å². The molecule has 0 aliphatic carbocycles. The molecule has 2 aliphatic heterocycles. The minimum absolute atomic E-state index is 0.0123. The lowest BCUT2D eigenvalue weighted by Crippen LogP contribution is -2.58. The van der Waals surface area contributed by atoms with Crippen molar-refractivity contribution in [2.45, 2.75) is 45.6 Å². The van der Waals surface area contributed by atoms with Gasteiger partial charge in [0, 0.05) is 46.4 Å². The summed E-state index contributed by atoms with van der Waals surface area (Å²) in [4.78, 5) is 44.3. The number of carboxylic acid groups (broad SMARTS) is 1. The van der Waals surface area contributed by atoms with Gasteiger partial charge in [-0.05, 0) is 43.7 Å². The minimum atomic E-state index is -1.18. The highest BCUT2D eigenvalue weighted by molar-refractivity contribution is 5.94. The fourth-order valence-corrected chi connectivity index (χ4v) is 5.70. The molecular formula is C29H40F2N6O6. The Morgan fingerprint density at radius 2 is 1.81 bits per heavy atom. The van der Waals surface area contributed by atoms with Crippen molar-refractivity contribution in [2.75, 3.05) is 59.7 Å². The van der Waals surface area contributed by atoms with Gasteiger partial charge >= 0.3 is 6.09 Å². The normalized spacial score (nSPS) is 19.1. The molecule has 12 nitrogen and oxygen atoms in total. The zero-order chi connectivity index (χ0) is 31.1. The zero-order valence-corrected chi connectivity index (χ0v) is 24.9. The molecule has 2 atom stereocenters. The van der Waals surface area contributed by atoms with E-state index in [2.05, 4.69) is 10.3 Å². The Morgan fingerprint density at radius 3 is 2.44 bits per heavy atom. The third kappa shape index (κ3) is 7.66. The zero-order valence-electron chi connectivity index (χ0n) is 24.9. The first-order valence-electron chi connectivity index (χ1n) is 14.7. The molecule has 0 unspecified atom stereocenters. The van der Waals surface area contributed by atoms with E-state index in [1.807, 2.05) is 13.8 Å². The molecule has 0 radical (unpaired) electrons. The summed E-state index contributed by atoms with van der Waals surface area (Å²) in [6, 6.07) is 2.82. The number of amides is 3. The number of hydrogen-bond donors (Lipinski definition) is 1. The summed E-state index contributed by atoms with van der Waals surface area (Å²) in [6.45, 7) is 6.26. The van der Waals surface area contributed by atoms with Crippen LogP contribution in [-0.4, -0.2) is 118 Å². The van der Waals surface area contributed by atoms with Crippen LogP contribution in [0, 0.1) is 23.5 Å². The lowest BCUT2D eigenvalue weighted by Gasteiger charge is -2.43. The van der Waals surface area contributed by atoms with Gasteiger partial charge in [-0.3, -0.25) is 9.59 Å². The molecule has 2 fully saturated rings. The van der Waals surface area contributed by atoms with Crippen molar-refractivity contribution in [3.05, 3.63) is 41.2 Å². The molecule has 4 rings (SSSR count). The van der Waals surface area contributed by atoms with E-state index in [4.69, 9.17) is 9.47 Å². The first kappa shape index (κ1) is 32.3. The molecule has 43 heavy (non-hydrogen) atoms. The van der Waals surface area contributed by atoms with Crippen molar-refractivity contribution in [3.8, 4) is 5.69 Å². The number of hydrogen-bond acceptors (Lipinski definition) is 7. The van der Waals surface area contributed by atoms with Crippen LogP contribution in [-0.2, 0) is 20.7 Å². The molecule has 0 saturated carbocycles. The third-order valence-corrected chi connectivity index (χ3v) is 7.76. The van der Waals surface area contributed by atoms with E-state index in [1.54, 1.807) is 16.9 Å². The number of nitrogens with zero attached hydrogens (tertiary/aromatic N) is 6. The van der Waals surface area contributed by atoms with Gasteiger partial charge in [-0.1, -0.05) is 25.1 Å². The van der Waals surface area contributed by atoms with Gasteiger partial charge in [0.2, 0.25) is 5.91 Å². The molecule has 1 aromatic heterocycles. The number of carbonyl (C=O) groups is 3. The number of unbranched alkanes of at least 4 members (excludes halogenated alkanes) is 1. The Hall–Kier alpha value is -3.65. The second kappa shape index (κ2) is 14.7. The second-order valence-electron chi connectivity index (χ2n) is 11.4. The van der Waals surface area contributed by atoms with Crippen LogP contribution in [0.15, 0.2) is 18.2 Å². The molecule has 3 amide bonds. The number of halogens is 2. The number of rotatable bonds is 11. The number of methoxy groups -OCH3 is 1. The number of morpholine rings is 1. The predicted molar refractivity (Wildman–Crippen MR) is 151 cm³/mol. The van der Waals surface area contributed by atoms with Crippen LogP contribution in [0.1, 0.15) is 49.3 Å². The number of piperidine rings is 1. The van der Waals surface area contributed by atoms with Crippen LogP contribution < -0.4 is 0 Å². The van der Waals surface area contributed by atoms with Crippen molar-refractivity contribution in [3.63, 3.8) is 0 Å². The van der Waals surface area contributed by atoms with E-state index in [1.165, 1.54) is 11.0 Å². The Morgan fingerprint density at radius 1 is 1.12 bits per heavy atom. The van der Waals surface area contributed by atoms with Crippen molar-refractivity contribution < 1.29 is 37.7 Å². The van der Waals surface area contributed by atoms with Gasteiger partial charge in [-0.25, -0.2) is 18.3 Å². The van der Waals surface area contributed by atoms with E-state index >= 15 is 0 Å². The standard InChI is InChI=1S/C29H40F2N6O6/c1-19(2)16-36(21-15-20(17-35(18-21)29(40)41)27(38)34-10-13-43-14-11-34)28(39)25-24(9-4-5-12-42-3)37(33-32-25)26-22(30)7-6-8-23(26)31/h6-8,19-21H,4-5,9-18H2,1-3H3,(H,40,41)/t20-,21+/m1/s1. The molecule has 3 heterocycles. The van der Waals surface area contributed by atoms with Crippen LogP contribution in [0.5, 0.6) is 0 Å². The Kier molecular flexibility index (Phi) is 11.0. The summed E-state index contributed by atoms with van der Waals surface area (Å²) >= 11 is 0. The van der Waals surface area contributed by atoms with Gasteiger partial charge in [-0.2, -0.15) is 0 Å². The lowest BCUT2D eigenvalue weighted by molar-refractivity contribution is -0.142. The van der Waals surface area contributed by atoms with Crippen molar-refractivity contribution in [2.24, 2.45) is 11.8 Å². The molecule has 1 aromatic carbocycles. The lowest BCUT2D eigenvalue weighted by atomic mass is 9.91. The molecule has 0 spiro atoms. The van der Waals surface area contributed by atoms with Crippen LogP contribution >= 0.6 is 0 Å². The molecule has 14 heteroatoms. The summed E-state index contributed by atoms with van der Waals surface area (Å²) in [5, 5.41) is 18.1. The van der Waals surface area contributed by atoms with Crippen molar-refractivity contribution in [1.82, 2.24) is 29.7 Å². The predicted octanol–water partition coefficient (Wildman–Crippen LogP) is 2.84. The van der Waals surface area contributed by atoms with Gasteiger partial charge < -0.3 is 29.3 Å². The van der Waals surface area contributed by atoms with E-state index in [-0.39, 0.29) is 55.7 Å². The average Bonchev–Trinajstić information content (AvgIpc) is 3.40. The van der Waals surface area contributed by atoms with Crippen LogP contribution in [0.3, 0.4) is 0 Å². The van der Waals surface area contributed by atoms with E-state index in [0.29, 0.717) is 45.8 Å². The third-order valence-electron chi connectivity index (χ3n) is 7.76. The molecule has 2 aliphatic rings. The van der Waals surface area contributed by atoms with Crippen molar-refractivity contribution in [1.29, 1.82) is 0 Å². The fourth-order valence-electron chi connectivity index (χ4n) is 5.70. The number of carbonyl (C=O) groups excluding carboxylic acids is 2. The highest BCUT2D eigenvalue weighted by atomic mass is 19.1. The Balaban J connectivity index is 1.70. The number of aromatic nitrogens is 3. The quantitative estimate of drug-likeness (QED) is 0.387. The maximum Gasteiger partial charge on any atom is 0.407 e. The smallest absolute Gasteiger partial charge is 0.407 e. The largest absolute Gasteiger partial charge is 0.465 e. The maximum absolute atomic E-state index is 14.8. The Labute approximate surface area is 249 Å². The van der Waals surface area contributed by atoms with Crippen LogP contribution in [0.4, 0.5) is 13.6 Å². The summed E-state index contributed by atoms with van der Waals surface area (Å²) in [5.74, 6) is -3.07. The van der Waals surface area contributed by atoms with Crippen molar-refractivity contribution >= 4 is 17.9 Å². The average molecular weight is 607 g/mol. The second-order valence-corrected chi connectivity index (χ2v) is 11.4. The summed E-state index contributed by atoms with van der Waals surface area (Å²) in [5.41, 5.74) is -0.257.